The number of rotatable bonds is 6. The highest BCUT2D eigenvalue weighted by molar-refractivity contribution is 5.94. The molecule has 0 unspecified atom stereocenters. The fourth-order valence-electron chi connectivity index (χ4n) is 2.71. The minimum Gasteiger partial charge on any atom is -0.496 e. The maximum absolute atomic E-state index is 5.47. The summed E-state index contributed by atoms with van der Waals surface area (Å²) in [5.74, 6) is 2.02. The molecule has 0 bridgehead atoms. The Morgan fingerprint density at radius 1 is 1.08 bits per heavy atom. The second-order valence-corrected chi connectivity index (χ2v) is 6.34. The minimum atomic E-state index is -0.0494. The molecule has 5 nitrogen and oxygen atoms in total. The fourth-order valence-corrected chi connectivity index (χ4v) is 2.71. The summed E-state index contributed by atoms with van der Waals surface area (Å²) >= 11 is 0. The van der Waals surface area contributed by atoms with E-state index in [0.717, 1.165) is 5.39 Å². The summed E-state index contributed by atoms with van der Waals surface area (Å²) < 4.78 is 16.2. The molecule has 0 aliphatic rings. The zero-order chi connectivity index (χ0) is 17.2. The summed E-state index contributed by atoms with van der Waals surface area (Å²) in [7, 11) is 3.23. The van der Waals surface area contributed by atoms with Crippen molar-refractivity contribution in [2.45, 2.75) is 19.3 Å². The molecule has 3 rings (SSSR count). The third-order valence-corrected chi connectivity index (χ3v) is 4.22. The van der Waals surface area contributed by atoms with Crippen LogP contribution >= 0.6 is 0 Å². The summed E-state index contributed by atoms with van der Waals surface area (Å²) in [5, 5.41) is 8.37. The number of hydrogen-bond acceptors (Lipinski definition) is 5. The van der Waals surface area contributed by atoms with Gasteiger partial charge in [0, 0.05) is 24.1 Å². The number of ether oxygens (including phenoxy) is 2. The Morgan fingerprint density at radius 2 is 1.83 bits per heavy atom. The lowest BCUT2D eigenvalue weighted by Crippen LogP contribution is -2.27. The maximum atomic E-state index is 5.47. The average molecular weight is 326 g/mol. The molecule has 0 fully saturated rings. The van der Waals surface area contributed by atoms with Crippen LogP contribution in [0.1, 0.15) is 19.4 Å². The van der Waals surface area contributed by atoms with Crippen LogP contribution < -0.4 is 14.8 Å². The normalized spacial score (nSPS) is 11.5. The van der Waals surface area contributed by atoms with Crippen LogP contribution in [-0.4, -0.2) is 25.9 Å². The molecule has 0 saturated heterocycles. The third kappa shape index (κ3) is 3.02. The van der Waals surface area contributed by atoms with Gasteiger partial charge in [-0.2, -0.15) is 0 Å². The lowest BCUT2D eigenvalue weighted by Gasteiger charge is -2.25. The van der Waals surface area contributed by atoms with E-state index < -0.39 is 0 Å². The van der Waals surface area contributed by atoms with Crippen LogP contribution in [0.15, 0.2) is 47.0 Å². The average Bonchev–Trinajstić information content (AvgIpc) is 3.03. The smallest absolute Gasteiger partial charge is 0.181 e. The van der Waals surface area contributed by atoms with Gasteiger partial charge in [-0.3, -0.25) is 0 Å². The van der Waals surface area contributed by atoms with Crippen LogP contribution in [-0.2, 0) is 5.41 Å². The number of nitrogens with one attached hydrogen (secondary N) is 1. The van der Waals surface area contributed by atoms with Crippen LogP contribution in [0.3, 0.4) is 0 Å². The van der Waals surface area contributed by atoms with Gasteiger partial charge in [0.25, 0.3) is 0 Å². The first-order valence-electron chi connectivity index (χ1n) is 7.86. The highest BCUT2D eigenvalue weighted by Crippen LogP contribution is 2.36. The predicted molar refractivity (Wildman–Crippen MR) is 95.1 cm³/mol. The lowest BCUT2D eigenvalue weighted by molar-refractivity contribution is 0.395. The minimum absolute atomic E-state index is 0.0494. The molecule has 24 heavy (non-hydrogen) atoms. The van der Waals surface area contributed by atoms with E-state index in [1.807, 2.05) is 12.1 Å². The Bertz CT molecular complexity index is 825. The van der Waals surface area contributed by atoms with Crippen LogP contribution in [0.25, 0.3) is 11.0 Å². The lowest BCUT2D eigenvalue weighted by atomic mass is 9.84. The summed E-state index contributed by atoms with van der Waals surface area (Å²) in [6, 6.07) is 14.0. The zero-order valence-corrected chi connectivity index (χ0v) is 14.4. The molecule has 0 radical (unpaired) electrons. The number of aromatic nitrogens is 1. The van der Waals surface area contributed by atoms with Crippen molar-refractivity contribution in [3.8, 4) is 11.5 Å². The summed E-state index contributed by atoms with van der Waals surface area (Å²) in [5.41, 5.74) is 1.84. The Morgan fingerprint density at radius 3 is 2.50 bits per heavy atom. The standard InChI is InChI=1S/C19H22N2O3/c1-19(2,13-8-6-5-7-9-13)12-20-18-17-15(23-4)10-14(22-3)11-16(17)24-21-18/h5-11H,12H2,1-4H3,(H,20,21). The monoisotopic (exact) mass is 326 g/mol. The van der Waals surface area contributed by atoms with Crippen LogP contribution in [0.2, 0.25) is 0 Å². The molecular weight excluding hydrogens is 304 g/mol. The molecule has 0 atom stereocenters. The van der Waals surface area contributed by atoms with E-state index in [9.17, 15) is 0 Å². The number of anilines is 1. The Kier molecular flexibility index (Phi) is 4.34. The molecular formula is C19H22N2O3. The molecule has 1 aromatic heterocycles. The summed E-state index contributed by atoms with van der Waals surface area (Å²) in [6.45, 7) is 5.10. The second kappa shape index (κ2) is 6.43. The first-order valence-corrected chi connectivity index (χ1v) is 7.86. The van der Waals surface area contributed by atoms with Gasteiger partial charge in [0.15, 0.2) is 11.4 Å². The molecule has 0 aliphatic heterocycles. The van der Waals surface area contributed by atoms with E-state index in [1.165, 1.54) is 5.56 Å². The molecule has 0 amide bonds. The van der Waals surface area contributed by atoms with E-state index in [1.54, 1.807) is 20.3 Å². The maximum Gasteiger partial charge on any atom is 0.181 e. The van der Waals surface area contributed by atoms with Gasteiger partial charge in [0.2, 0.25) is 0 Å². The fraction of sp³-hybridized carbons (Fsp3) is 0.316. The Balaban J connectivity index is 1.88. The number of hydrogen-bond donors (Lipinski definition) is 1. The van der Waals surface area contributed by atoms with Gasteiger partial charge in [-0.15, -0.1) is 0 Å². The molecule has 0 saturated carbocycles. The second-order valence-electron chi connectivity index (χ2n) is 6.34. The van der Waals surface area contributed by atoms with Crippen molar-refractivity contribution in [1.82, 2.24) is 5.16 Å². The highest BCUT2D eigenvalue weighted by atomic mass is 16.5. The van der Waals surface area contributed by atoms with Gasteiger partial charge in [0.05, 0.1) is 14.2 Å². The summed E-state index contributed by atoms with van der Waals surface area (Å²) in [6.07, 6.45) is 0. The molecule has 1 N–H and O–H groups in total. The molecule has 0 spiro atoms. The topological polar surface area (TPSA) is 56.5 Å². The van der Waals surface area contributed by atoms with E-state index in [4.69, 9.17) is 14.0 Å². The van der Waals surface area contributed by atoms with Gasteiger partial charge in [-0.25, -0.2) is 0 Å². The number of nitrogens with zero attached hydrogens (tertiary/aromatic N) is 1. The molecule has 1 heterocycles. The molecule has 0 aliphatic carbocycles. The van der Waals surface area contributed by atoms with Gasteiger partial charge >= 0.3 is 0 Å². The van der Waals surface area contributed by atoms with Crippen molar-refractivity contribution < 1.29 is 14.0 Å². The van der Waals surface area contributed by atoms with E-state index in [-0.39, 0.29) is 5.41 Å². The SMILES string of the molecule is COc1cc(OC)c2c(NCC(C)(C)c3ccccc3)noc2c1. The van der Waals surface area contributed by atoms with Crippen LogP contribution in [0.5, 0.6) is 11.5 Å². The molecule has 5 heteroatoms. The van der Waals surface area contributed by atoms with Gasteiger partial charge in [-0.1, -0.05) is 49.3 Å². The Labute approximate surface area is 141 Å². The van der Waals surface area contributed by atoms with Crippen molar-refractivity contribution >= 4 is 16.8 Å². The summed E-state index contributed by atoms with van der Waals surface area (Å²) in [4.78, 5) is 0. The Hall–Kier alpha value is -2.69. The van der Waals surface area contributed by atoms with Crippen LogP contribution in [0, 0.1) is 0 Å². The van der Waals surface area contributed by atoms with E-state index in [0.29, 0.717) is 29.4 Å². The van der Waals surface area contributed by atoms with Crippen LogP contribution in [0.4, 0.5) is 5.82 Å². The zero-order valence-electron chi connectivity index (χ0n) is 14.4. The van der Waals surface area contributed by atoms with Crippen molar-refractivity contribution in [3.05, 3.63) is 48.0 Å². The van der Waals surface area contributed by atoms with Crippen molar-refractivity contribution in [3.63, 3.8) is 0 Å². The van der Waals surface area contributed by atoms with Gasteiger partial charge in [-0.05, 0) is 5.56 Å². The number of benzene rings is 2. The first kappa shape index (κ1) is 16.2. The van der Waals surface area contributed by atoms with Crippen molar-refractivity contribution in [2.75, 3.05) is 26.1 Å². The predicted octanol–water partition coefficient (Wildman–Crippen LogP) is 4.23. The first-order chi connectivity index (χ1) is 11.5. The van der Waals surface area contributed by atoms with E-state index in [2.05, 4.69) is 48.6 Å². The third-order valence-electron chi connectivity index (χ3n) is 4.22. The molecule has 3 aromatic rings. The van der Waals surface area contributed by atoms with Crippen molar-refractivity contribution in [2.24, 2.45) is 0 Å². The molecule has 2 aromatic carbocycles. The number of fused-ring (bicyclic) bond motifs is 1. The quantitative estimate of drug-likeness (QED) is 0.734. The van der Waals surface area contributed by atoms with E-state index >= 15 is 0 Å². The molecule has 126 valence electrons. The van der Waals surface area contributed by atoms with Gasteiger partial charge in [0.1, 0.15) is 16.9 Å². The largest absolute Gasteiger partial charge is 0.496 e. The number of methoxy groups -OCH3 is 2. The van der Waals surface area contributed by atoms with Crippen molar-refractivity contribution in [1.29, 1.82) is 0 Å². The van der Waals surface area contributed by atoms with Gasteiger partial charge < -0.3 is 19.3 Å². The highest BCUT2D eigenvalue weighted by Gasteiger charge is 2.22.